The molecule has 0 saturated carbocycles. The summed E-state index contributed by atoms with van der Waals surface area (Å²) in [6.45, 7) is 1.97. The summed E-state index contributed by atoms with van der Waals surface area (Å²) in [5.41, 5.74) is 1.93. The predicted molar refractivity (Wildman–Crippen MR) is 133 cm³/mol. The molecule has 1 aliphatic rings. The van der Waals surface area contributed by atoms with Gasteiger partial charge in [-0.2, -0.15) is 0 Å². The van der Waals surface area contributed by atoms with Crippen LogP contribution in [-0.2, 0) is 14.3 Å². The number of nitrogens with one attached hydrogen (secondary N) is 2. The topological polar surface area (TPSA) is 105 Å². The Bertz CT molecular complexity index is 1290. The first-order valence-corrected chi connectivity index (χ1v) is 11.3. The van der Waals surface area contributed by atoms with Crippen molar-refractivity contribution in [2.24, 2.45) is 0 Å². The third-order valence-electron chi connectivity index (χ3n) is 5.42. The molecule has 1 atom stereocenters. The second-order valence-electron chi connectivity index (χ2n) is 7.73. The molecule has 178 valence electrons. The van der Waals surface area contributed by atoms with E-state index in [1.807, 2.05) is 0 Å². The fraction of sp³-hybridized carbons (Fsp3) is 0.154. The van der Waals surface area contributed by atoms with Crippen LogP contribution in [0.15, 0.2) is 72.8 Å². The van der Waals surface area contributed by atoms with Gasteiger partial charge in [-0.1, -0.05) is 35.9 Å². The van der Waals surface area contributed by atoms with E-state index in [9.17, 15) is 19.2 Å². The monoisotopic (exact) mass is 491 g/mol. The van der Waals surface area contributed by atoms with Gasteiger partial charge in [0.05, 0.1) is 40.6 Å². The number of carbonyl (C=O) groups excluding carboxylic acids is 4. The summed E-state index contributed by atoms with van der Waals surface area (Å²) in [7, 11) is 0. The normalized spacial score (nSPS) is 14.5. The van der Waals surface area contributed by atoms with E-state index >= 15 is 0 Å². The molecule has 0 bridgehead atoms. The molecule has 1 unspecified atom stereocenters. The molecule has 4 rings (SSSR count). The summed E-state index contributed by atoms with van der Waals surface area (Å²) < 4.78 is 4.95. The fourth-order valence-corrected chi connectivity index (χ4v) is 4.00. The zero-order valence-electron chi connectivity index (χ0n) is 18.8. The molecule has 8 nitrogen and oxygen atoms in total. The highest BCUT2D eigenvalue weighted by Crippen LogP contribution is 2.35. The summed E-state index contributed by atoms with van der Waals surface area (Å²) in [6.07, 6.45) is -0.296. The fourth-order valence-electron chi connectivity index (χ4n) is 3.78. The number of fused-ring (bicyclic) bond motifs is 1. The second kappa shape index (κ2) is 10.4. The Kier molecular flexibility index (Phi) is 7.12. The molecular formula is C26H22ClN3O5. The lowest BCUT2D eigenvalue weighted by atomic mass is 10.0. The predicted octanol–water partition coefficient (Wildman–Crippen LogP) is 4.51. The van der Waals surface area contributed by atoms with Crippen LogP contribution >= 0.6 is 11.6 Å². The standard InChI is InChI=1S/C26H22ClN3O5/c1-2-35-26(34)16-11-13-17(14-12-16)28-23(31)15-22-24(32)29-20-9-5-6-10-21(20)30(22)25(33)18-7-3-4-8-19(18)27/h3-14,22H,2,15H2,1H3,(H,28,31)(H,29,32). The highest BCUT2D eigenvalue weighted by Gasteiger charge is 2.39. The van der Waals surface area contributed by atoms with E-state index in [4.69, 9.17) is 16.3 Å². The summed E-state index contributed by atoms with van der Waals surface area (Å²) in [5.74, 6) is -1.92. The average molecular weight is 492 g/mol. The lowest BCUT2D eigenvalue weighted by Crippen LogP contribution is -2.52. The van der Waals surface area contributed by atoms with Gasteiger partial charge in [-0.15, -0.1) is 0 Å². The van der Waals surface area contributed by atoms with Crippen LogP contribution in [-0.4, -0.2) is 36.3 Å². The van der Waals surface area contributed by atoms with E-state index in [1.165, 1.54) is 17.0 Å². The SMILES string of the molecule is CCOC(=O)c1ccc(NC(=O)CC2C(=O)Nc3ccccc3N2C(=O)c2ccccc2Cl)cc1. The van der Waals surface area contributed by atoms with Crippen LogP contribution in [0.25, 0.3) is 0 Å². The zero-order chi connectivity index (χ0) is 24.9. The van der Waals surface area contributed by atoms with E-state index < -0.39 is 29.7 Å². The maximum absolute atomic E-state index is 13.5. The van der Waals surface area contributed by atoms with Crippen LogP contribution in [0.3, 0.4) is 0 Å². The largest absolute Gasteiger partial charge is 0.462 e. The van der Waals surface area contributed by atoms with Crippen molar-refractivity contribution in [2.75, 3.05) is 22.1 Å². The van der Waals surface area contributed by atoms with Crippen LogP contribution in [0.2, 0.25) is 5.02 Å². The Hall–Kier alpha value is -4.17. The Morgan fingerprint density at radius 2 is 1.69 bits per heavy atom. The van der Waals surface area contributed by atoms with Gasteiger partial charge in [0.25, 0.3) is 5.91 Å². The number of halogens is 1. The molecule has 2 N–H and O–H groups in total. The van der Waals surface area contributed by atoms with Crippen LogP contribution in [0.1, 0.15) is 34.1 Å². The lowest BCUT2D eigenvalue weighted by Gasteiger charge is -2.36. The second-order valence-corrected chi connectivity index (χ2v) is 8.13. The Morgan fingerprint density at radius 1 is 1.00 bits per heavy atom. The maximum Gasteiger partial charge on any atom is 0.338 e. The maximum atomic E-state index is 13.5. The molecule has 3 aromatic rings. The molecular weight excluding hydrogens is 470 g/mol. The number of anilines is 3. The zero-order valence-corrected chi connectivity index (χ0v) is 19.5. The van der Waals surface area contributed by atoms with Crippen LogP contribution < -0.4 is 15.5 Å². The smallest absolute Gasteiger partial charge is 0.338 e. The average Bonchev–Trinajstić information content (AvgIpc) is 2.85. The lowest BCUT2D eigenvalue weighted by molar-refractivity contribution is -0.122. The van der Waals surface area contributed by atoms with Gasteiger partial charge in [-0.3, -0.25) is 19.3 Å². The number of carbonyl (C=O) groups is 4. The number of ether oxygens (including phenoxy) is 1. The van der Waals surface area contributed by atoms with Crippen molar-refractivity contribution in [3.05, 3.63) is 88.9 Å². The number of esters is 1. The van der Waals surface area contributed by atoms with Gasteiger partial charge in [-0.25, -0.2) is 4.79 Å². The number of hydrogen-bond acceptors (Lipinski definition) is 5. The number of para-hydroxylation sites is 2. The van der Waals surface area contributed by atoms with Gasteiger partial charge in [0.15, 0.2) is 0 Å². The molecule has 3 amide bonds. The summed E-state index contributed by atoms with van der Waals surface area (Å²) in [5, 5.41) is 5.71. The minimum Gasteiger partial charge on any atom is -0.462 e. The molecule has 0 fully saturated rings. The number of hydrogen-bond donors (Lipinski definition) is 2. The van der Waals surface area contributed by atoms with Gasteiger partial charge in [-0.05, 0) is 55.5 Å². The van der Waals surface area contributed by atoms with Crippen LogP contribution in [0.4, 0.5) is 17.1 Å². The van der Waals surface area contributed by atoms with E-state index in [1.54, 1.807) is 67.6 Å². The van der Waals surface area contributed by atoms with Crippen molar-refractivity contribution in [2.45, 2.75) is 19.4 Å². The van der Waals surface area contributed by atoms with Gasteiger partial charge < -0.3 is 15.4 Å². The number of amides is 3. The Morgan fingerprint density at radius 3 is 2.40 bits per heavy atom. The highest BCUT2D eigenvalue weighted by atomic mass is 35.5. The summed E-state index contributed by atoms with van der Waals surface area (Å²) in [4.78, 5) is 52.5. The van der Waals surface area contributed by atoms with E-state index in [-0.39, 0.29) is 23.6 Å². The van der Waals surface area contributed by atoms with Crippen molar-refractivity contribution >= 4 is 52.4 Å². The summed E-state index contributed by atoms with van der Waals surface area (Å²) >= 11 is 6.26. The third kappa shape index (κ3) is 5.17. The van der Waals surface area contributed by atoms with E-state index in [2.05, 4.69) is 10.6 Å². The minimum atomic E-state index is -1.10. The Balaban J connectivity index is 1.58. The van der Waals surface area contributed by atoms with Crippen molar-refractivity contribution < 1.29 is 23.9 Å². The number of rotatable bonds is 6. The minimum absolute atomic E-state index is 0.221. The molecule has 9 heteroatoms. The first-order chi connectivity index (χ1) is 16.9. The van der Waals surface area contributed by atoms with Crippen molar-refractivity contribution in [3.8, 4) is 0 Å². The molecule has 0 spiro atoms. The summed E-state index contributed by atoms with van der Waals surface area (Å²) in [6, 6.07) is 18.5. The van der Waals surface area contributed by atoms with Gasteiger partial charge in [0.1, 0.15) is 6.04 Å². The van der Waals surface area contributed by atoms with Gasteiger partial charge in [0.2, 0.25) is 11.8 Å². The van der Waals surface area contributed by atoms with Gasteiger partial charge >= 0.3 is 5.97 Å². The number of nitrogens with zero attached hydrogens (tertiary/aromatic N) is 1. The molecule has 0 aliphatic carbocycles. The molecule has 3 aromatic carbocycles. The highest BCUT2D eigenvalue weighted by molar-refractivity contribution is 6.35. The van der Waals surface area contributed by atoms with Crippen LogP contribution in [0, 0.1) is 0 Å². The first kappa shape index (κ1) is 24.0. The molecule has 35 heavy (non-hydrogen) atoms. The van der Waals surface area contributed by atoms with Gasteiger partial charge in [0, 0.05) is 5.69 Å². The molecule has 0 radical (unpaired) electrons. The molecule has 1 heterocycles. The van der Waals surface area contributed by atoms with Crippen LogP contribution in [0.5, 0.6) is 0 Å². The van der Waals surface area contributed by atoms with Crippen molar-refractivity contribution in [1.82, 2.24) is 0 Å². The van der Waals surface area contributed by atoms with Crippen molar-refractivity contribution in [3.63, 3.8) is 0 Å². The molecule has 1 aliphatic heterocycles. The quantitative estimate of drug-likeness (QED) is 0.493. The van der Waals surface area contributed by atoms with E-state index in [0.29, 0.717) is 22.6 Å². The molecule has 0 saturated heterocycles. The van der Waals surface area contributed by atoms with E-state index in [0.717, 1.165) is 0 Å². The Labute approximate surface area is 206 Å². The third-order valence-corrected chi connectivity index (χ3v) is 5.75. The number of benzene rings is 3. The first-order valence-electron chi connectivity index (χ1n) is 10.9. The molecule has 0 aromatic heterocycles. The van der Waals surface area contributed by atoms with Crippen molar-refractivity contribution in [1.29, 1.82) is 0 Å².